The van der Waals surface area contributed by atoms with Crippen molar-refractivity contribution in [2.75, 3.05) is 0 Å². The molecule has 0 unspecified atom stereocenters. The molecule has 0 saturated heterocycles. The molecule has 1 heterocycles. The van der Waals surface area contributed by atoms with Gasteiger partial charge in [0.2, 0.25) is 0 Å². The van der Waals surface area contributed by atoms with E-state index in [9.17, 15) is 5.26 Å². The molecule has 1 aromatic carbocycles. The Morgan fingerprint density at radius 2 is 2.00 bits per heavy atom. The Balaban J connectivity index is 2.54. The van der Waals surface area contributed by atoms with Gasteiger partial charge in [0.1, 0.15) is 6.07 Å². The van der Waals surface area contributed by atoms with Gasteiger partial charge in [0.05, 0.1) is 21.3 Å². The Labute approximate surface area is 119 Å². The lowest BCUT2D eigenvalue weighted by molar-refractivity contribution is 1.49. The maximum absolute atomic E-state index is 9.21. The van der Waals surface area contributed by atoms with Crippen molar-refractivity contribution in [3.63, 3.8) is 0 Å². The summed E-state index contributed by atoms with van der Waals surface area (Å²) < 4.78 is 0. The number of nitrogens with zero attached hydrogens (tertiary/aromatic N) is 1. The number of hydrogen-bond acceptors (Lipinski definition) is 3. The number of nitrogens with two attached hydrogens (primary N) is 1. The molecule has 1 aromatic heterocycles. The number of hydrogen-bond donors (Lipinski definition) is 1. The lowest BCUT2D eigenvalue weighted by Crippen LogP contribution is -1.99. The molecule has 90 valence electrons. The Hall–Kier alpha value is -1.47. The minimum Gasteiger partial charge on any atom is -0.397 e. The number of nitriles is 1. The van der Waals surface area contributed by atoms with Gasteiger partial charge in [-0.05, 0) is 23.6 Å². The molecule has 0 atom stereocenters. The second kappa shape index (κ2) is 5.45. The highest BCUT2D eigenvalue weighted by atomic mass is 35.5. The van der Waals surface area contributed by atoms with Crippen molar-refractivity contribution in [3.05, 3.63) is 56.2 Å². The zero-order valence-electron chi connectivity index (χ0n) is 9.15. The van der Waals surface area contributed by atoms with Crippen molar-refractivity contribution in [3.8, 4) is 6.07 Å². The topological polar surface area (TPSA) is 49.8 Å². The Kier molecular flexibility index (Phi) is 3.93. The van der Waals surface area contributed by atoms with Gasteiger partial charge in [0, 0.05) is 10.4 Å². The smallest absolute Gasteiger partial charge is 0.103 e. The normalized spacial score (nSPS) is 11.8. The van der Waals surface area contributed by atoms with Crippen LogP contribution in [0.3, 0.4) is 0 Å². The monoisotopic (exact) mass is 294 g/mol. The molecule has 2 nitrogen and oxygen atoms in total. The van der Waals surface area contributed by atoms with Crippen molar-refractivity contribution in [1.82, 2.24) is 0 Å². The SMILES string of the molecule is N#C/C(=C(/N)c1ccc(Cl)c(Cl)c1)c1cccs1. The van der Waals surface area contributed by atoms with E-state index in [-0.39, 0.29) is 0 Å². The zero-order valence-corrected chi connectivity index (χ0v) is 11.5. The van der Waals surface area contributed by atoms with Crippen LogP contribution < -0.4 is 5.73 Å². The minimum atomic E-state index is 0.401. The van der Waals surface area contributed by atoms with Crippen LogP contribution in [0.4, 0.5) is 0 Å². The quantitative estimate of drug-likeness (QED) is 0.834. The van der Waals surface area contributed by atoms with Crippen molar-refractivity contribution in [2.45, 2.75) is 0 Å². The molecule has 5 heteroatoms. The average Bonchev–Trinajstić information content (AvgIpc) is 2.87. The molecule has 2 aromatic rings. The molecule has 2 rings (SSSR count). The summed E-state index contributed by atoms with van der Waals surface area (Å²) in [4.78, 5) is 0.834. The summed E-state index contributed by atoms with van der Waals surface area (Å²) in [6, 6.07) is 10.9. The Morgan fingerprint density at radius 1 is 1.22 bits per heavy atom. The van der Waals surface area contributed by atoms with Crippen LogP contribution in [0.25, 0.3) is 11.3 Å². The highest BCUT2D eigenvalue weighted by Gasteiger charge is 2.10. The maximum Gasteiger partial charge on any atom is 0.103 e. The predicted molar refractivity (Wildman–Crippen MR) is 77.4 cm³/mol. The van der Waals surface area contributed by atoms with Gasteiger partial charge < -0.3 is 5.73 Å². The van der Waals surface area contributed by atoms with E-state index in [1.165, 1.54) is 11.3 Å². The van der Waals surface area contributed by atoms with Gasteiger partial charge in [-0.25, -0.2) is 0 Å². The van der Waals surface area contributed by atoms with Crippen LogP contribution in [0.1, 0.15) is 10.4 Å². The van der Waals surface area contributed by atoms with Crippen molar-refractivity contribution >= 4 is 45.8 Å². The molecule has 0 aliphatic rings. The fraction of sp³-hybridized carbons (Fsp3) is 0. The molecule has 2 N–H and O–H groups in total. The number of halogens is 2. The van der Waals surface area contributed by atoms with Crippen molar-refractivity contribution in [2.24, 2.45) is 5.73 Å². The third kappa shape index (κ3) is 2.51. The first-order valence-corrected chi connectivity index (χ1v) is 6.66. The molecule has 0 radical (unpaired) electrons. The molecule has 0 spiro atoms. The summed E-state index contributed by atoms with van der Waals surface area (Å²) >= 11 is 13.3. The zero-order chi connectivity index (χ0) is 13.1. The highest BCUT2D eigenvalue weighted by Crippen LogP contribution is 2.29. The summed E-state index contributed by atoms with van der Waals surface area (Å²) in [6.07, 6.45) is 0. The van der Waals surface area contributed by atoms with Gasteiger partial charge in [-0.15, -0.1) is 11.3 Å². The Morgan fingerprint density at radius 3 is 2.56 bits per heavy atom. The molecule has 0 amide bonds. The van der Waals surface area contributed by atoms with Gasteiger partial charge >= 0.3 is 0 Å². The molecule has 0 aliphatic carbocycles. The van der Waals surface area contributed by atoms with Crippen molar-refractivity contribution in [1.29, 1.82) is 5.26 Å². The van der Waals surface area contributed by atoms with E-state index >= 15 is 0 Å². The van der Waals surface area contributed by atoms with Gasteiger partial charge in [-0.1, -0.05) is 35.3 Å². The van der Waals surface area contributed by atoms with E-state index in [0.717, 1.165) is 4.88 Å². The molecule has 18 heavy (non-hydrogen) atoms. The van der Waals surface area contributed by atoms with Crippen LogP contribution >= 0.6 is 34.5 Å². The summed E-state index contributed by atoms with van der Waals surface area (Å²) in [6.45, 7) is 0. The van der Waals surface area contributed by atoms with Gasteiger partial charge in [0.15, 0.2) is 0 Å². The Bertz CT molecular complexity index is 640. The molecule has 0 fully saturated rings. The van der Waals surface area contributed by atoms with Crippen LogP contribution in [0.15, 0.2) is 35.7 Å². The summed E-state index contributed by atoms with van der Waals surface area (Å²) in [5.41, 5.74) is 7.56. The van der Waals surface area contributed by atoms with Crippen LogP contribution in [0, 0.1) is 11.3 Å². The lowest BCUT2D eigenvalue weighted by Gasteiger charge is -2.06. The van der Waals surface area contributed by atoms with E-state index < -0.39 is 0 Å². The summed E-state index contributed by atoms with van der Waals surface area (Å²) in [7, 11) is 0. The molecular formula is C13H8Cl2N2S. The third-order valence-corrected chi connectivity index (χ3v) is 4.01. The van der Waals surface area contributed by atoms with E-state index in [1.807, 2.05) is 17.5 Å². The van der Waals surface area contributed by atoms with Crippen LogP contribution in [-0.2, 0) is 0 Å². The van der Waals surface area contributed by atoms with E-state index in [1.54, 1.807) is 18.2 Å². The first-order valence-electron chi connectivity index (χ1n) is 5.02. The lowest BCUT2D eigenvalue weighted by atomic mass is 10.1. The van der Waals surface area contributed by atoms with Crippen molar-refractivity contribution < 1.29 is 0 Å². The molecular weight excluding hydrogens is 287 g/mol. The minimum absolute atomic E-state index is 0.401. The largest absolute Gasteiger partial charge is 0.397 e. The number of thiophene rings is 1. The summed E-state index contributed by atoms with van der Waals surface area (Å²) in [5.74, 6) is 0. The van der Waals surface area contributed by atoms with Gasteiger partial charge in [-0.2, -0.15) is 5.26 Å². The predicted octanol–water partition coefficient (Wildman–Crippen LogP) is 4.41. The standard InChI is InChI=1S/C13H8Cl2N2S/c14-10-4-3-8(6-11(10)15)13(17)9(7-16)12-2-1-5-18-12/h1-6H,17H2/b13-9-. The molecule has 0 aliphatic heterocycles. The highest BCUT2D eigenvalue weighted by molar-refractivity contribution is 7.11. The number of rotatable bonds is 2. The fourth-order valence-electron chi connectivity index (χ4n) is 1.48. The van der Waals surface area contributed by atoms with E-state index in [0.29, 0.717) is 26.9 Å². The van der Waals surface area contributed by atoms with Crippen LogP contribution in [-0.4, -0.2) is 0 Å². The number of allylic oxidation sites excluding steroid dienone is 1. The van der Waals surface area contributed by atoms with Gasteiger partial charge in [0.25, 0.3) is 0 Å². The van der Waals surface area contributed by atoms with Crippen LogP contribution in [0.2, 0.25) is 10.0 Å². The second-order valence-electron chi connectivity index (χ2n) is 3.51. The summed E-state index contributed by atoms with van der Waals surface area (Å²) in [5, 5.41) is 12.0. The average molecular weight is 295 g/mol. The number of benzene rings is 1. The third-order valence-electron chi connectivity index (χ3n) is 2.38. The second-order valence-corrected chi connectivity index (χ2v) is 5.27. The maximum atomic E-state index is 9.21. The van der Waals surface area contributed by atoms with Crippen LogP contribution in [0.5, 0.6) is 0 Å². The first kappa shape index (κ1) is 13.0. The van der Waals surface area contributed by atoms with E-state index in [2.05, 4.69) is 6.07 Å². The van der Waals surface area contributed by atoms with Gasteiger partial charge in [-0.3, -0.25) is 0 Å². The molecule has 0 bridgehead atoms. The first-order chi connectivity index (χ1) is 8.63. The molecule has 0 saturated carbocycles. The fourth-order valence-corrected chi connectivity index (χ4v) is 2.51. The van der Waals surface area contributed by atoms with E-state index in [4.69, 9.17) is 28.9 Å².